The molecule has 1 heterocycles. The Labute approximate surface area is 116 Å². The Morgan fingerprint density at radius 3 is 2.47 bits per heavy atom. The molecule has 4 nitrogen and oxygen atoms in total. The van der Waals surface area contributed by atoms with Crippen molar-refractivity contribution in [3.05, 3.63) is 0 Å². The Kier molecular flexibility index (Phi) is 5.22. The number of rotatable bonds is 3. The number of nitrogens with zero attached hydrogens (tertiary/aromatic N) is 1. The maximum absolute atomic E-state index is 12.6. The summed E-state index contributed by atoms with van der Waals surface area (Å²) in [5.41, 5.74) is 5.82. The molecule has 3 N–H and O–H groups in total. The molecule has 0 bridgehead atoms. The van der Waals surface area contributed by atoms with Gasteiger partial charge in [0.25, 0.3) is 0 Å². The predicted octanol–water partition coefficient (Wildman–Crippen LogP) is 1.37. The minimum Gasteiger partial charge on any atom is -0.393 e. The lowest BCUT2D eigenvalue weighted by Gasteiger charge is -2.38. The molecule has 0 radical (unpaired) electrons. The summed E-state index contributed by atoms with van der Waals surface area (Å²) in [5.74, 6) is 1.22. The van der Waals surface area contributed by atoms with Gasteiger partial charge < -0.3 is 15.7 Å². The van der Waals surface area contributed by atoms with E-state index in [0.29, 0.717) is 24.3 Å². The summed E-state index contributed by atoms with van der Waals surface area (Å²) in [6.45, 7) is 4.11. The maximum atomic E-state index is 12.6. The van der Waals surface area contributed by atoms with Crippen molar-refractivity contribution in [1.82, 2.24) is 4.90 Å². The molecule has 1 saturated carbocycles. The van der Waals surface area contributed by atoms with E-state index in [4.69, 9.17) is 5.73 Å². The Morgan fingerprint density at radius 1 is 1.26 bits per heavy atom. The number of piperidine rings is 1. The second-order valence-electron chi connectivity index (χ2n) is 6.29. The van der Waals surface area contributed by atoms with E-state index >= 15 is 0 Å². The molecule has 3 atom stereocenters. The van der Waals surface area contributed by atoms with E-state index in [1.165, 1.54) is 6.42 Å². The van der Waals surface area contributed by atoms with Crippen molar-refractivity contribution in [2.75, 3.05) is 19.6 Å². The highest BCUT2D eigenvalue weighted by atomic mass is 16.3. The quantitative estimate of drug-likeness (QED) is 0.812. The average molecular weight is 268 g/mol. The van der Waals surface area contributed by atoms with Crippen LogP contribution in [0.5, 0.6) is 0 Å². The Morgan fingerprint density at radius 2 is 1.89 bits per heavy atom. The topological polar surface area (TPSA) is 66.6 Å². The Hall–Kier alpha value is -0.610. The third-order valence-electron chi connectivity index (χ3n) is 5.06. The zero-order chi connectivity index (χ0) is 13.8. The van der Waals surface area contributed by atoms with E-state index < -0.39 is 0 Å². The van der Waals surface area contributed by atoms with Gasteiger partial charge in [-0.05, 0) is 51.0 Å². The van der Waals surface area contributed by atoms with Crippen molar-refractivity contribution in [2.24, 2.45) is 23.5 Å². The van der Waals surface area contributed by atoms with Crippen LogP contribution in [0.3, 0.4) is 0 Å². The fourth-order valence-electron chi connectivity index (χ4n) is 3.65. The molecule has 0 aromatic rings. The van der Waals surface area contributed by atoms with E-state index in [1.54, 1.807) is 0 Å². The molecule has 1 saturated heterocycles. The SMILES string of the molecule is CC(O)C1CCN(C(=O)C2CCCCC2CN)CC1. The van der Waals surface area contributed by atoms with Crippen molar-refractivity contribution in [2.45, 2.75) is 51.6 Å². The van der Waals surface area contributed by atoms with E-state index in [-0.39, 0.29) is 12.0 Å². The van der Waals surface area contributed by atoms with Crippen LogP contribution in [0.4, 0.5) is 0 Å². The minimum atomic E-state index is -0.247. The largest absolute Gasteiger partial charge is 0.393 e. The Bertz CT molecular complexity index is 299. The molecule has 0 aromatic heterocycles. The third-order valence-corrected chi connectivity index (χ3v) is 5.06. The number of hydrogen-bond acceptors (Lipinski definition) is 3. The standard InChI is InChI=1S/C15H28N2O2/c1-11(18)12-6-8-17(9-7-12)15(19)14-5-3-2-4-13(14)10-16/h11-14,18H,2-10,16H2,1H3. The fraction of sp³-hybridized carbons (Fsp3) is 0.933. The molecule has 19 heavy (non-hydrogen) atoms. The van der Waals surface area contributed by atoms with E-state index in [0.717, 1.165) is 45.2 Å². The number of aliphatic hydroxyl groups is 1. The summed E-state index contributed by atoms with van der Waals surface area (Å²) in [6, 6.07) is 0. The van der Waals surface area contributed by atoms with Gasteiger partial charge in [0, 0.05) is 19.0 Å². The lowest BCUT2D eigenvalue weighted by atomic mass is 9.78. The zero-order valence-corrected chi connectivity index (χ0v) is 12.1. The molecule has 2 fully saturated rings. The second-order valence-corrected chi connectivity index (χ2v) is 6.29. The molecule has 1 amide bonds. The summed E-state index contributed by atoms with van der Waals surface area (Å²) in [4.78, 5) is 14.6. The smallest absolute Gasteiger partial charge is 0.226 e. The first-order valence-electron chi connectivity index (χ1n) is 7.80. The van der Waals surface area contributed by atoms with Crippen LogP contribution in [0, 0.1) is 17.8 Å². The van der Waals surface area contributed by atoms with E-state index in [1.807, 2.05) is 11.8 Å². The van der Waals surface area contributed by atoms with Crippen molar-refractivity contribution < 1.29 is 9.90 Å². The summed E-state index contributed by atoms with van der Waals surface area (Å²) >= 11 is 0. The van der Waals surface area contributed by atoms with E-state index in [2.05, 4.69) is 0 Å². The highest BCUT2D eigenvalue weighted by Crippen LogP contribution is 2.32. The number of amides is 1. The van der Waals surface area contributed by atoms with Crippen LogP contribution >= 0.6 is 0 Å². The number of likely N-dealkylation sites (tertiary alicyclic amines) is 1. The van der Waals surface area contributed by atoms with Gasteiger partial charge in [0.05, 0.1) is 6.10 Å². The van der Waals surface area contributed by atoms with Gasteiger partial charge in [-0.3, -0.25) is 4.79 Å². The molecule has 3 unspecified atom stereocenters. The monoisotopic (exact) mass is 268 g/mol. The van der Waals surface area contributed by atoms with Crippen LogP contribution in [0.15, 0.2) is 0 Å². The number of aliphatic hydroxyl groups excluding tert-OH is 1. The zero-order valence-electron chi connectivity index (χ0n) is 12.1. The third kappa shape index (κ3) is 3.48. The van der Waals surface area contributed by atoms with Crippen molar-refractivity contribution in [3.63, 3.8) is 0 Å². The number of nitrogens with two attached hydrogens (primary N) is 1. The molecule has 0 spiro atoms. The van der Waals surface area contributed by atoms with Gasteiger partial charge in [-0.25, -0.2) is 0 Å². The number of hydrogen-bond donors (Lipinski definition) is 2. The lowest BCUT2D eigenvalue weighted by molar-refractivity contribution is -0.140. The summed E-state index contributed by atoms with van der Waals surface area (Å²) in [7, 11) is 0. The van der Waals surface area contributed by atoms with Crippen LogP contribution in [-0.2, 0) is 4.79 Å². The van der Waals surface area contributed by atoms with Gasteiger partial charge in [0.1, 0.15) is 0 Å². The van der Waals surface area contributed by atoms with Gasteiger partial charge in [-0.1, -0.05) is 12.8 Å². The Balaban J connectivity index is 1.89. The lowest BCUT2D eigenvalue weighted by Crippen LogP contribution is -2.46. The molecule has 1 aliphatic carbocycles. The maximum Gasteiger partial charge on any atom is 0.226 e. The highest BCUT2D eigenvalue weighted by molar-refractivity contribution is 5.79. The van der Waals surface area contributed by atoms with Crippen LogP contribution < -0.4 is 5.73 Å². The molecule has 2 aliphatic rings. The average Bonchev–Trinajstić information content (AvgIpc) is 2.46. The first kappa shape index (κ1) is 14.8. The van der Waals surface area contributed by atoms with Crippen LogP contribution in [0.25, 0.3) is 0 Å². The highest BCUT2D eigenvalue weighted by Gasteiger charge is 2.34. The normalized spacial score (nSPS) is 31.2. The van der Waals surface area contributed by atoms with Crippen molar-refractivity contribution in [3.8, 4) is 0 Å². The van der Waals surface area contributed by atoms with Gasteiger partial charge in [-0.15, -0.1) is 0 Å². The summed E-state index contributed by atoms with van der Waals surface area (Å²) in [6.07, 6.45) is 6.12. The predicted molar refractivity (Wildman–Crippen MR) is 75.5 cm³/mol. The van der Waals surface area contributed by atoms with Crippen LogP contribution in [0.2, 0.25) is 0 Å². The summed E-state index contributed by atoms with van der Waals surface area (Å²) in [5, 5.41) is 9.61. The van der Waals surface area contributed by atoms with Crippen LogP contribution in [-0.4, -0.2) is 41.7 Å². The van der Waals surface area contributed by atoms with Crippen LogP contribution in [0.1, 0.15) is 45.4 Å². The van der Waals surface area contributed by atoms with E-state index in [9.17, 15) is 9.90 Å². The molecule has 0 aromatic carbocycles. The molecular weight excluding hydrogens is 240 g/mol. The van der Waals surface area contributed by atoms with Gasteiger partial charge in [0.2, 0.25) is 5.91 Å². The molecule has 110 valence electrons. The fourth-order valence-corrected chi connectivity index (χ4v) is 3.65. The van der Waals surface area contributed by atoms with Gasteiger partial charge >= 0.3 is 0 Å². The first-order chi connectivity index (χ1) is 9.13. The summed E-state index contributed by atoms with van der Waals surface area (Å²) < 4.78 is 0. The minimum absolute atomic E-state index is 0.154. The second kappa shape index (κ2) is 6.71. The molecular formula is C15H28N2O2. The van der Waals surface area contributed by atoms with Crippen molar-refractivity contribution in [1.29, 1.82) is 0 Å². The number of carbonyl (C=O) groups is 1. The number of carbonyl (C=O) groups excluding carboxylic acids is 1. The molecule has 2 rings (SSSR count). The molecule has 1 aliphatic heterocycles. The molecule has 4 heteroatoms. The van der Waals surface area contributed by atoms with Gasteiger partial charge in [-0.2, -0.15) is 0 Å². The first-order valence-corrected chi connectivity index (χ1v) is 7.80. The van der Waals surface area contributed by atoms with Crippen molar-refractivity contribution >= 4 is 5.91 Å². The van der Waals surface area contributed by atoms with Gasteiger partial charge in [0.15, 0.2) is 0 Å².